The summed E-state index contributed by atoms with van der Waals surface area (Å²) in [7, 11) is 0. The number of nitrogens with zero attached hydrogens (tertiary/aromatic N) is 1. The van der Waals surface area contributed by atoms with Gasteiger partial charge in [0.15, 0.2) is 5.76 Å². The second kappa shape index (κ2) is 6.45. The van der Waals surface area contributed by atoms with E-state index >= 15 is 0 Å². The lowest BCUT2D eigenvalue weighted by Gasteiger charge is -2.26. The largest absolute Gasteiger partial charge is 0.459 e. The van der Waals surface area contributed by atoms with Gasteiger partial charge in [-0.1, -0.05) is 6.42 Å². The van der Waals surface area contributed by atoms with Crippen molar-refractivity contribution in [2.24, 2.45) is 0 Å². The van der Waals surface area contributed by atoms with E-state index in [9.17, 15) is 4.79 Å². The molecule has 21 heavy (non-hydrogen) atoms. The SMILES string of the molecule is Cc1cc(CN2CCCCC2)c(NC(=O)c2ccco2)s1. The van der Waals surface area contributed by atoms with Gasteiger partial charge >= 0.3 is 0 Å². The second-order valence-corrected chi connectivity index (χ2v) is 6.74. The smallest absolute Gasteiger partial charge is 0.291 e. The Bertz CT molecular complexity index is 598. The molecule has 1 fully saturated rings. The number of amides is 1. The average molecular weight is 304 g/mol. The van der Waals surface area contributed by atoms with Crippen molar-refractivity contribution in [3.8, 4) is 0 Å². The summed E-state index contributed by atoms with van der Waals surface area (Å²) in [6.45, 7) is 5.30. The molecule has 0 radical (unpaired) electrons. The van der Waals surface area contributed by atoms with Crippen molar-refractivity contribution in [3.05, 3.63) is 40.7 Å². The Labute approximate surface area is 128 Å². The van der Waals surface area contributed by atoms with E-state index in [2.05, 4.69) is 23.2 Å². The zero-order valence-corrected chi connectivity index (χ0v) is 13.0. The number of hydrogen-bond acceptors (Lipinski definition) is 4. The maximum atomic E-state index is 12.1. The van der Waals surface area contributed by atoms with E-state index in [1.165, 1.54) is 36.0 Å². The third-order valence-electron chi connectivity index (χ3n) is 3.75. The molecule has 0 unspecified atom stereocenters. The molecule has 1 amide bonds. The van der Waals surface area contributed by atoms with Crippen LogP contribution >= 0.6 is 11.3 Å². The fourth-order valence-electron chi connectivity index (χ4n) is 2.72. The number of hydrogen-bond donors (Lipinski definition) is 1. The summed E-state index contributed by atoms with van der Waals surface area (Å²) in [6.07, 6.45) is 5.40. The molecule has 0 saturated carbocycles. The number of likely N-dealkylation sites (tertiary alicyclic amines) is 1. The van der Waals surface area contributed by atoms with Crippen molar-refractivity contribution in [2.45, 2.75) is 32.7 Å². The lowest BCUT2D eigenvalue weighted by Crippen LogP contribution is -2.29. The van der Waals surface area contributed by atoms with Crippen LogP contribution in [0.25, 0.3) is 0 Å². The fraction of sp³-hybridized carbons (Fsp3) is 0.438. The Morgan fingerprint density at radius 2 is 2.19 bits per heavy atom. The van der Waals surface area contributed by atoms with Crippen LogP contribution in [-0.4, -0.2) is 23.9 Å². The molecule has 112 valence electrons. The summed E-state index contributed by atoms with van der Waals surface area (Å²) >= 11 is 1.63. The van der Waals surface area contributed by atoms with Crippen molar-refractivity contribution < 1.29 is 9.21 Å². The highest BCUT2D eigenvalue weighted by Gasteiger charge is 2.17. The number of thiophene rings is 1. The molecule has 0 atom stereocenters. The summed E-state index contributed by atoms with van der Waals surface area (Å²) in [5.74, 6) is 0.173. The summed E-state index contributed by atoms with van der Waals surface area (Å²) in [5.41, 5.74) is 1.21. The zero-order valence-electron chi connectivity index (χ0n) is 12.2. The van der Waals surface area contributed by atoms with Crippen LogP contribution < -0.4 is 5.32 Å². The Balaban J connectivity index is 1.71. The summed E-state index contributed by atoms with van der Waals surface area (Å²) in [5, 5.41) is 3.93. The molecular formula is C16H20N2O2S. The van der Waals surface area contributed by atoms with E-state index in [1.807, 2.05) is 0 Å². The van der Waals surface area contributed by atoms with Gasteiger partial charge < -0.3 is 9.73 Å². The number of carbonyl (C=O) groups excluding carboxylic acids is 1. The van der Waals surface area contributed by atoms with Crippen LogP contribution in [-0.2, 0) is 6.54 Å². The minimum absolute atomic E-state index is 0.179. The van der Waals surface area contributed by atoms with E-state index in [0.29, 0.717) is 5.76 Å². The Kier molecular flexibility index (Phi) is 4.41. The molecule has 5 heteroatoms. The van der Waals surface area contributed by atoms with Crippen LogP contribution in [0.3, 0.4) is 0 Å². The molecule has 1 aliphatic rings. The fourth-order valence-corrected chi connectivity index (χ4v) is 3.64. The molecule has 2 aromatic rings. The first-order valence-corrected chi connectivity index (χ1v) is 8.20. The quantitative estimate of drug-likeness (QED) is 0.932. The van der Waals surface area contributed by atoms with Crippen molar-refractivity contribution in [1.29, 1.82) is 0 Å². The molecule has 1 aliphatic heterocycles. The van der Waals surface area contributed by atoms with Gasteiger partial charge in [0.05, 0.1) is 6.26 Å². The second-order valence-electron chi connectivity index (χ2n) is 5.48. The van der Waals surface area contributed by atoms with Gasteiger partial charge in [0.25, 0.3) is 5.91 Å². The van der Waals surface area contributed by atoms with Gasteiger partial charge in [-0.25, -0.2) is 0 Å². The lowest BCUT2D eigenvalue weighted by molar-refractivity contribution is 0.0997. The predicted molar refractivity (Wildman–Crippen MR) is 84.8 cm³/mol. The Morgan fingerprint density at radius 3 is 2.90 bits per heavy atom. The standard InChI is InChI=1S/C16H20N2O2S/c1-12-10-13(11-18-7-3-2-4-8-18)16(21-12)17-15(19)14-6-5-9-20-14/h5-6,9-10H,2-4,7-8,11H2,1H3,(H,17,19). The molecule has 0 spiro atoms. The van der Waals surface area contributed by atoms with E-state index in [1.54, 1.807) is 23.5 Å². The first-order valence-electron chi connectivity index (χ1n) is 7.39. The first kappa shape index (κ1) is 14.4. The van der Waals surface area contributed by atoms with Gasteiger partial charge in [0.2, 0.25) is 0 Å². The number of rotatable bonds is 4. The molecule has 0 bridgehead atoms. The highest BCUT2D eigenvalue weighted by molar-refractivity contribution is 7.16. The number of furan rings is 1. The zero-order chi connectivity index (χ0) is 14.7. The van der Waals surface area contributed by atoms with E-state index in [-0.39, 0.29) is 5.91 Å². The molecule has 4 nitrogen and oxygen atoms in total. The molecule has 3 rings (SSSR count). The topological polar surface area (TPSA) is 45.5 Å². The maximum absolute atomic E-state index is 12.1. The Morgan fingerprint density at radius 1 is 1.38 bits per heavy atom. The molecular weight excluding hydrogens is 284 g/mol. The number of nitrogens with one attached hydrogen (secondary N) is 1. The average Bonchev–Trinajstić information content (AvgIpc) is 3.11. The normalized spacial score (nSPS) is 16.0. The van der Waals surface area contributed by atoms with Crippen LogP contribution in [0.5, 0.6) is 0 Å². The minimum Gasteiger partial charge on any atom is -0.459 e. The summed E-state index contributed by atoms with van der Waals surface area (Å²) in [6, 6.07) is 5.58. The maximum Gasteiger partial charge on any atom is 0.291 e. The van der Waals surface area contributed by atoms with Gasteiger partial charge in [-0.05, 0) is 51.1 Å². The summed E-state index contributed by atoms with van der Waals surface area (Å²) < 4.78 is 5.15. The minimum atomic E-state index is -0.179. The highest BCUT2D eigenvalue weighted by atomic mass is 32.1. The third kappa shape index (κ3) is 3.54. The van der Waals surface area contributed by atoms with Gasteiger partial charge in [-0.15, -0.1) is 11.3 Å². The van der Waals surface area contributed by atoms with Crippen molar-refractivity contribution in [2.75, 3.05) is 18.4 Å². The van der Waals surface area contributed by atoms with E-state index in [0.717, 1.165) is 24.6 Å². The monoisotopic (exact) mass is 304 g/mol. The van der Waals surface area contributed by atoms with E-state index < -0.39 is 0 Å². The third-order valence-corrected chi connectivity index (χ3v) is 4.76. The predicted octanol–water partition coefficient (Wildman–Crippen LogP) is 3.89. The van der Waals surface area contributed by atoms with Crippen LogP contribution in [0.15, 0.2) is 28.9 Å². The number of aryl methyl sites for hydroxylation is 1. The van der Waals surface area contributed by atoms with Gasteiger partial charge in [0.1, 0.15) is 5.00 Å². The molecule has 1 saturated heterocycles. The van der Waals surface area contributed by atoms with E-state index in [4.69, 9.17) is 4.42 Å². The number of carbonyl (C=O) groups is 1. The van der Waals surface area contributed by atoms with Gasteiger partial charge in [0, 0.05) is 17.0 Å². The van der Waals surface area contributed by atoms with Crippen LogP contribution in [0.1, 0.15) is 40.3 Å². The highest BCUT2D eigenvalue weighted by Crippen LogP contribution is 2.30. The first-order chi connectivity index (χ1) is 10.2. The van der Waals surface area contributed by atoms with Crippen molar-refractivity contribution >= 4 is 22.2 Å². The van der Waals surface area contributed by atoms with Crippen LogP contribution in [0.4, 0.5) is 5.00 Å². The number of anilines is 1. The Hall–Kier alpha value is -1.59. The van der Waals surface area contributed by atoms with Crippen molar-refractivity contribution in [3.63, 3.8) is 0 Å². The molecule has 1 N–H and O–H groups in total. The molecule has 0 aromatic carbocycles. The lowest BCUT2D eigenvalue weighted by atomic mass is 10.1. The van der Waals surface area contributed by atoms with Crippen LogP contribution in [0, 0.1) is 6.92 Å². The molecule has 2 aromatic heterocycles. The van der Waals surface area contributed by atoms with Gasteiger partial charge in [-0.3, -0.25) is 9.69 Å². The number of piperidine rings is 1. The van der Waals surface area contributed by atoms with Crippen LogP contribution in [0.2, 0.25) is 0 Å². The van der Waals surface area contributed by atoms with Gasteiger partial charge in [-0.2, -0.15) is 0 Å². The van der Waals surface area contributed by atoms with Crippen molar-refractivity contribution in [1.82, 2.24) is 4.90 Å². The summed E-state index contributed by atoms with van der Waals surface area (Å²) in [4.78, 5) is 15.8. The molecule has 3 heterocycles. The molecule has 0 aliphatic carbocycles.